The maximum Gasteiger partial charge on any atom is 0.220 e. The molecular weight excluding hydrogens is 407 g/mol. The van der Waals surface area contributed by atoms with Crippen molar-refractivity contribution in [1.29, 1.82) is 0 Å². The van der Waals surface area contributed by atoms with E-state index in [1.54, 1.807) is 0 Å². The van der Waals surface area contributed by atoms with E-state index >= 15 is 0 Å². The zero-order valence-corrected chi connectivity index (χ0v) is 18.6. The molecule has 1 aromatic rings. The molecule has 1 amide bonds. The summed E-state index contributed by atoms with van der Waals surface area (Å²) in [5.41, 5.74) is 6.98. The Bertz CT molecular complexity index is 483. The lowest BCUT2D eigenvalue weighted by Crippen LogP contribution is -2.46. The molecule has 1 aliphatic heterocycles. The number of amides is 1. The minimum Gasteiger partial charge on any atom is -0.369 e. The van der Waals surface area contributed by atoms with Gasteiger partial charge in [-0.15, -0.1) is 37.2 Å². The summed E-state index contributed by atoms with van der Waals surface area (Å²) in [5.74, 6) is 0.128. The zero-order chi connectivity index (χ0) is 17.2. The Kier molecular flexibility index (Phi) is 17.2. The van der Waals surface area contributed by atoms with E-state index in [1.807, 2.05) is 6.92 Å². The van der Waals surface area contributed by atoms with E-state index in [9.17, 15) is 4.79 Å². The molecule has 8 heteroatoms. The van der Waals surface area contributed by atoms with Gasteiger partial charge in [-0.05, 0) is 44.9 Å². The zero-order valence-electron chi connectivity index (χ0n) is 16.1. The van der Waals surface area contributed by atoms with Crippen molar-refractivity contribution in [3.63, 3.8) is 0 Å². The molecule has 27 heavy (non-hydrogen) atoms. The third-order valence-electron chi connectivity index (χ3n) is 4.54. The van der Waals surface area contributed by atoms with E-state index in [2.05, 4.69) is 45.4 Å². The van der Waals surface area contributed by atoms with Crippen LogP contribution < -0.4 is 16.0 Å². The van der Waals surface area contributed by atoms with Crippen LogP contribution in [-0.4, -0.2) is 56.1 Å². The summed E-state index contributed by atoms with van der Waals surface area (Å²) < 4.78 is 0. The van der Waals surface area contributed by atoms with Crippen LogP contribution in [0.5, 0.6) is 0 Å². The summed E-state index contributed by atoms with van der Waals surface area (Å²) >= 11 is 0. The average molecular weight is 442 g/mol. The number of carbonyl (C=O) groups excluding carboxylic acids is 1. The van der Waals surface area contributed by atoms with Crippen molar-refractivity contribution in [2.75, 3.05) is 44.2 Å². The van der Waals surface area contributed by atoms with Crippen LogP contribution >= 0.6 is 37.2 Å². The van der Waals surface area contributed by atoms with Crippen LogP contribution in [0.1, 0.15) is 32.6 Å². The molecule has 2 rings (SSSR count). The number of hydrogen-bond acceptors (Lipinski definition) is 4. The second kappa shape index (κ2) is 16.3. The molecule has 1 fully saturated rings. The number of carbonyl (C=O) groups is 1. The van der Waals surface area contributed by atoms with Crippen LogP contribution in [-0.2, 0) is 4.79 Å². The molecule has 0 saturated carbocycles. The molecule has 1 aliphatic rings. The van der Waals surface area contributed by atoms with Gasteiger partial charge >= 0.3 is 0 Å². The molecule has 1 saturated heterocycles. The molecule has 1 atom stereocenters. The number of rotatable bonds is 9. The average Bonchev–Trinajstić information content (AvgIpc) is 2.61. The number of nitrogens with zero attached hydrogens (tertiary/aromatic N) is 2. The summed E-state index contributed by atoms with van der Waals surface area (Å²) in [5, 5.41) is 2.98. The fraction of sp³-hybridized carbons (Fsp3) is 0.632. The SMILES string of the molecule is CC(N)CCC(=O)NCCCCN1CCN(c2ccccc2)CC1.Cl.Cl.Cl. The molecular formula is C19H35Cl3N4O. The van der Waals surface area contributed by atoms with E-state index in [0.29, 0.717) is 6.42 Å². The minimum atomic E-state index is 0. The van der Waals surface area contributed by atoms with Crippen molar-refractivity contribution in [2.45, 2.75) is 38.6 Å². The van der Waals surface area contributed by atoms with Crippen molar-refractivity contribution >= 4 is 48.8 Å². The fourth-order valence-electron chi connectivity index (χ4n) is 3.00. The van der Waals surface area contributed by atoms with Gasteiger partial charge in [0.05, 0.1) is 0 Å². The topological polar surface area (TPSA) is 61.6 Å². The summed E-state index contributed by atoms with van der Waals surface area (Å²) in [7, 11) is 0. The molecule has 0 bridgehead atoms. The number of nitrogens with one attached hydrogen (secondary N) is 1. The quantitative estimate of drug-likeness (QED) is 0.578. The first-order chi connectivity index (χ1) is 11.6. The van der Waals surface area contributed by atoms with E-state index < -0.39 is 0 Å². The minimum absolute atomic E-state index is 0. The monoisotopic (exact) mass is 440 g/mol. The predicted molar refractivity (Wildman–Crippen MR) is 122 cm³/mol. The smallest absolute Gasteiger partial charge is 0.220 e. The van der Waals surface area contributed by atoms with Gasteiger partial charge in [0.1, 0.15) is 0 Å². The Morgan fingerprint density at radius 1 is 1.07 bits per heavy atom. The summed E-state index contributed by atoms with van der Waals surface area (Å²) in [6, 6.07) is 10.7. The molecule has 0 aliphatic carbocycles. The molecule has 1 unspecified atom stereocenters. The van der Waals surface area contributed by atoms with Gasteiger partial charge in [0.15, 0.2) is 0 Å². The second-order valence-corrected chi connectivity index (χ2v) is 6.74. The Labute approximate surface area is 182 Å². The van der Waals surface area contributed by atoms with Gasteiger partial charge in [-0.1, -0.05) is 18.2 Å². The van der Waals surface area contributed by atoms with Gasteiger partial charge in [0.2, 0.25) is 5.91 Å². The lowest BCUT2D eigenvalue weighted by molar-refractivity contribution is -0.121. The number of nitrogens with two attached hydrogens (primary N) is 1. The number of anilines is 1. The van der Waals surface area contributed by atoms with Gasteiger partial charge in [-0.25, -0.2) is 0 Å². The van der Waals surface area contributed by atoms with Crippen molar-refractivity contribution in [2.24, 2.45) is 5.73 Å². The molecule has 0 aromatic heterocycles. The van der Waals surface area contributed by atoms with Crippen molar-refractivity contribution in [3.05, 3.63) is 30.3 Å². The molecule has 1 heterocycles. The largest absolute Gasteiger partial charge is 0.369 e. The number of halogens is 3. The predicted octanol–water partition coefficient (Wildman–Crippen LogP) is 3.10. The van der Waals surface area contributed by atoms with Crippen LogP contribution in [0.4, 0.5) is 5.69 Å². The molecule has 5 nitrogen and oxygen atoms in total. The highest BCUT2D eigenvalue weighted by Crippen LogP contribution is 2.15. The van der Waals surface area contributed by atoms with Crippen molar-refractivity contribution < 1.29 is 4.79 Å². The Morgan fingerprint density at radius 3 is 2.30 bits per heavy atom. The van der Waals surface area contributed by atoms with Crippen LogP contribution in [0.3, 0.4) is 0 Å². The summed E-state index contributed by atoms with van der Waals surface area (Å²) in [6.07, 6.45) is 3.48. The van der Waals surface area contributed by atoms with Crippen LogP contribution in [0.15, 0.2) is 30.3 Å². The molecule has 0 radical (unpaired) electrons. The number of unbranched alkanes of at least 4 members (excludes halogenated alkanes) is 1. The van der Waals surface area contributed by atoms with E-state index in [4.69, 9.17) is 5.73 Å². The molecule has 1 aromatic carbocycles. The summed E-state index contributed by atoms with van der Waals surface area (Å²) in [4.78, 5) is 16.6. The van der Waals surface area contributed by atoms with Gasteiger partial charge in [-0.3, -0.25) is 9.69 Å². The first-order valence-electron chi connectivity index (χ1n) is 9.20. The van der Waals surface area contributed by atoms with Gasteiger partial charge in [0, 0.05) is 50.9 Å². The van der Waals surface area contributed by atoms with E-state index in [0.717, 1.165) is 58.5 Å². The maximum atomic E-state index is 11.6. The van der Waals surface area contributed by atoms with Gasteiger partial charge in [-0.2, -0.15) is 0 Å². The van der Waals surface area contributed by atoms with E-state index in [-0.39, 0.29) is 49.2 Å². The third-order valence-corrected chi connectivity index (χ3v) is 4.54. The van der Waals surface area contributed by atoms with Gasteiger partial charge in [0.25, 0.3) is 0 Å². The standard InChI is InChI=1S/C19H32N4O.3ClH/c1-17(20)9-10-19(24)21-11-5-6-12-22-13-15-23(16-14-22)18-7-3-2-4-8-18;;;/h2-4,7-8,17H,5-6,9-16,20H2,1H3,(H,21,24);3*1H. The molecule has 158 valence electrons. The summed E-state index contributed by atoms with van der Waals surface area (Å²) in [6.45, 7) is 8.27. The number of hydrogen-bond donors (Lipinski definition) is 2. The lowest BCUT2D eigenvalue weighted by atomic mass is 10.2. The second-order valence-electron chi connectivity index (χ2n) is 6.74. The van der Waals surface area contributed by atoms with Crippen molar-refractivity contribution in [1.82, 2.24) is 10.2 Å². The molecule has 0 spiro atoms. The number of para-hydroxylation sites is 1. The fourth-order valence-corrected chi connectivity index (χ4v) is 3.00. The third kappa shape index (κ3) is 11.7. The first kappa shape index (κ1) is 28.5. The normalized spacial score (nSPS) is 15.0. The van der Waals surface area contributed by atoms with Crippen LogP contribution in [0.2, 0.25) is 0 Å². The first-order valence-corrected chi connectivity index (χ1v) is 9.20. The highest BCUT2D eigenvalue weighted by molar-refractivity contribution is 5.86. The number of piperazine rings is 1. The van der Waals surface area contributed by atoms with Gasteiger partial charge < -0.3 is 16.0 Å². The Hall–Kier alpha value is -0.720. The molecule has 3 N–H and O–H groups in total. The Balaban J connectivity index is 0. The van der Waals surface area contributed by atoms with Crippen molar-refractivity contribution in [3.8, 4) is 0 Å². The Morgan fingerprint density at radius 2 is 1.70 bits per heavy atom. The van der Waals surface area contributed by atoms with E-state index in [1.165, 1.54) is 5.69 Å². The van der Waals surface area contributed by atoms with Crippen LogP contribution in [0, 0.1) is 0 Å². The van der Waals surface area contributed by atoms with Crippen LogP contribution in [0.25, 0.3) is 0 Å². The lowest BCUT2D eigenvalue weighted by Gasteiger charge is -2.36. The maximum absolute atomic E-state index is 11.6. The highest BCUT2D eigenvalue weighted by Gasteiger charge is 2.16. The highest BCUT2D eigenvalue weighted by atomic mass is 35.5. The number of benzene rings is 1.